The van der Waals surface area contributed by atoms with Crippen LogP contribution in [0.3, 0.4) is 0 Å². The van der Waals surface area contributed by atoms with Gasteiger partial charge in [0.1, 0.15) is 0 Å². The number of benzene rings is 1. The Hall–Kier alpha value is 0.480. The fourth-order valence-corrected chi connectivity index (χ4v) is 3.59. The number of hydrogen-bond donors (Lipinski definition) is 0. The van der Waals surface area contributed by atoms with Crippen molar-refractivity contribution >= 4 is 50.9 Å². The first kappa shape index (κ1) is 19.5. The molecule has 0 aliphatic heterocycles. The maximum absolute atomic E-state index is 2.59. The predicted molar refractivity (Wildman–Crippen MR) is 113 cm³/mol. The molecule has 0 fully saturated rings. The van der Waals surface area contributed by atoms with Crippen LogP contribution in [0, 0.1) is 0 Å². The minimum absolute atomic E-state index is 1.22. The van der Waals surface area contributed by atoms with Crippen LogP contribution in [0.2, 0.25) is 0 Å². The Balaban J connectivity index is 2.32. The molecule has 0 aromatic heterocycles. The second-order valence-corrected chi connectivity index (χ2v) is 7.69. The van der Waals surface area contributed by atoms with Crippen molar-refractivity contribution < 1.29 is 0 Å². The Morgan fingerprint density at radius 3 is 1.57 bits per heavy atom. The SMILES string of the molecule is ICCCCCCN(CCCCCCI)c1ccccc1. The Morgan fingerprint density at radius 2 is 1.10 bits per heavy atom. The van der Waals surface area contributed by atoms with Crippen LogP contribution in [0.15, 0.2) is 30.3 Å². The molecule has 0 atom stereocenters. The maximum atomic E-state index is 2.59. The van der Waals surface area contributed by atoms with E-state index in [9.17, 15) is 0 Å². The first-order valence-electron chi connectivity index (χ1n) is 8.30. The van der Waals surface area contributed by atoms with Gasteiger partial charge >= 0.3 is 0 Å². The molecule has 0 N–H and O–H groups in total. The lowest BCUT2D eigenvalue weighted by Crippen LogP contribution is -2.25. The largest absolute Gasteiger partial charge is 0.372 e. The van der Waals surface area contributed by atoms with Crippen molar-refractivity contribution in [3.63, 3.8) is 0 Å². The van der Waals surface area contributed by atoms with Gasteiger partial charge in [-0.05, 0) is 46.7 Å². The van der Waals surface area contributed by atoms with Crippen LogP contribution in [0.4, 0.5) is 5.69 Å². The molecule has 120 valence electrons. The molecule has 3 heteroatoms. The molecule has 0 aliphatic carbocycles. The summed E-state index contributed by atoms with van der Waals surface area (Å²) in [5.41, 5.74) is 1.40. The zero-order valence-corrected chi connectivity index (χ0v) is 17.4. The highest BCUT2D eigenvalue weighted by molar-refractivity contribution is 14.1. The standard InChI is InChI=1S/C18H29I2N/c19-14-8-1-3-10-16-21(17-11-4-2-9-15-20)18-12-6-5-7-13-18/h5-7,12-13H,1-4,8-11,14-17H2. The molecule has 0 radical (unpaired) electrons. The van der Waals surface area contributed by atoms with Crippen molar-refractivity contribution in [2.75, 3.05) is 26.8 Å². The average Bonchev–Trinajstić information content (AvgIpc) is 2.53. The third-order valence-electron chi connectivity index (χ3n) is 3.74. The van der Waals surface area contributed by atoms with Crippen LogP contribution < -0.4 is 4.90 Å². The number of anilines is 1. The zero-order valence-electron chi connectivity index (χ0n) is 13.1. The lowest BCUT2D eigenvalue weighted by Gasteiger charge is -2.25. The number of alkyl halides is 2. The molecule has 21 heavy (non-hydrogen) atoms. The smallest absolute Gasteiger partial charge is 0.0366 e. The van der Waals surface area contributed by atoms with Crippen molar-refractivity contribution in [3.05, 3.63) is 30.3 Å². The number of unbranched alkanes of at least 4 members (excludes halogenated alkanes) is 6. The molecule has 1 rings (SSSR count). The van der Waals surface area contributed by atoms with Gasteiger partial charge in [0.25, 0.3) is 0 Å². The van der Waals surface area contributed by atoms with E-state index >= 15 is 0 Å². The quantitative estimate of drug-likeness (QED) is 0.166. The topological polar surface area (TPSA) is 3.24 Å². The van der Waals surface area contributed by atoms with E-state index in [4.69, 9.17) is 0 Å². The van der Waals surface area contributed by atoms with E-state index in [0.717, 1.165) is 0 Å². The predicted octanol–water partition coefficient (Wildman–Crippen LogP) is 6.48. The highest BCUT2D eigenvalue weighted by atomic mass is 127. The number of hydrogen-bond acceptors (Lipinski definition) is 1. The van der Waals surface area contributed by atoms with Gasteiger partial charge in [0.05, 0.1) is 0 Å². The summed E-state index contributed by atoms with van der Waals surface area (Å²) in [6.07, 6.45) is 11.0. The fourth-order valence-electron chi connectivity index (χ4n) is 2.51. The Kier molecular flexibility index (Phi) is 13.1. The Labute approximate surface area is 158 Å². The van der Waals surface area contributed by atoms with Crippen LogP contribution in [0.25, 0.3) is 0 Å². The van der Waals surface area contributed by atoms with E-state index in [-0.39, 0.29) is 0 Å². The second kappa shape index (κ2) is 14.1. The minimum Gasteiger partial charge on any atom is -0.372 e. The lowest BCUT2D eigenvalue weighted by atomic mass is 10.1. The molecule has 0 amide bonds. The Morgan fingerprint density at radius 1 is 0.619 bits per heavy atom. The summed E-state index contributed by atoms with van der Waals surface area (Å²) in [4.78, 5) is 2.59. The summed E-state index contributed by atoms with van der Waals surface area (Å²) in [6.45, 7) is 2.44. The first-order chi connectivity index (χ1) is 10.4. The monoisotopic (exact) mass is 513 g/mol. The summed E-state index contributed by atoms with van der Waals surface area (Å²) in [7, 11) is 0. The van der Waals surface area contributed by atoms with Gasteiger partial charge in [-0.15, -0.1) is 0 Å². The number of para-hydroxylation sites is 1. The number of nitrogens with zero attached hydrogens (tertiary/aromatic N) is 1. The molecule has 0 bridgehead atoms. The molecule has 1 aromatic carbocycles. The molecular weight excluding hydrogens is 484 g/mol. The van der Waals surface area contributed by atoms with Gasteiger partial charge < -0.3 is 4.90 Å². The van der Waals surface area contributed by atoms with E-state index in [2.05, 4.69) is 80.4 Å². The van der Waals surface area contributed by atoms with E-state index in [0.29, 0.717) is 0 Å². The van der Waals surface area contributed by atoms with E-state index in [1.165, 1.54) is 79.0 Å². The molecule has 0 saturated carbocycles. The highest BCUT2D eigenvalue weighted by Gasteiger charge is 2.05. The van der Waals surface area contributed by atoms with Crippen molar-refractivity contribution in [3.8, 4) is 0 Å². The van der Waals surface area contributed by atoms with Crippen LogP contribution in [-0.4, -0.2) is 21.9 Å². The van der Waals surface area contributed by atoms with Gasteiger partial charge in [0.2, 0.25) is 0 Å². The van der Waals surface area contributed by atoms with Gasteiger partial charge in [-0.2, -0.15) is 0 Å². The number of rotatable bonds is 13. The molecule has 1 aromatic rings. The van der Waals surface area contributed by atoms with Crippen molar-refractivity contribution in [1.82, 2.24) is 0 Å². The summed E-state index contributed by atoms with van der Waals surface area (Å²) >= 11 is 4.96. The molecule has 0 unspecified atom stereocenters. The van der Waals surface area contributed by atoms with Gasteiger partial charge in [-0.3, -0.25) is 0 Å². The van der Waals surface area contributed by atoms with Crippen molar-refractivity contribution in [2.45, 2.75) is 51.4 Å². The minimum atomic E-state index is 1.22. The van der Waals surface area contributed by atoms with E-state index in [1.54, 1.807) is 0 Å². The molecular formula is C18H29I2N. The first-order valence-corrected chi connectivity index (χ1v) is 11.4. The fraction of sp³-hybridized carbons (Fsp3) is 0.667. The summed E-state index contributed by atoms with van der Waals surface area (Å²) in [5, 5.41) is 0. The van der Waals surface area contributed by atoms with Crippen molar-refractivity contribution in [1.29, 1.82) is 0 Å². The lowest BCUT2D eigenvalue weighted by molar-refractivity contribution is 0.612. The van der Waals surface area contributed by atoms with Gasteiger partial charge in [0, 0.05) is 18.8 Å². The number of halogens is 2. The third-order valence-corrected chi connectivity index (χ3v) is 5.27. The zero-order chi connectivity index (χ0) is 15.2. The molecule has 0 heterocycles. The third kappa shape index (κ3) is 9.97. The van der Waals surface area contributed by atoms with Crippen LogP contribution in [0.5, 0.6) is 0 Å². The normalized spacial score (nSPS) is 10.8. The molecule has 1 nitrogen and oxygen atoms in total. The Bertz CT molecular complexity index is 315. The van der Waals surface area contributed by atoms with E-state index in [1.807, 2.05) is 0 Å². The van der Waals surface area contributed by atoms with Crippen molar-refractivity contribution in [2.24, 2.45) is 0 Å². The molecule has 0 saturated heterocycles. The van der Waals surface area contributed by atoms with Gasteiger partial charge in [-0.1, -0.05) is 89.1 Å². The molecule has 0 aliphatic rings. The second-order valence-electron chi connectivity index (χ2n) is 5.53. The highest BCUT2D eigenvalue weighted by Crippen LogP contribution is 2.16. The molecule has 0 spiro atoms. The van der Waals surface area contributed by atoms with Crippen LogP contribution in [-0.2, 0) is 0 Å². The average molecular weight is 513 g/mol. The summed E-state index contributed by atoms with van der Waals surface area (Å²) < 4.78 is 2.61. The summed E-state index contributed by atoms with van der Waals surface area (Å²) in [5.74, 6) is 0. The van der Waals surface area contributed by atoms with Gasteiger partial charge in [0.15, 0.2) is 0 Å². The van der Waals surface area contributed by atoms with Crippen LogP contribution >= 0.6 is 45.2 Å². The maximum Gasteiger partial charge on any atom is 0.0366 e. The van der Waals surface area contributed by atoms with Crippen LogP contribution in [0.1, 0.15) is 51.4 Å². The van der Waals surface area contributed by atoms with Gasteiger partial charge in [-0.25, -0.2) is 0 Å². The summed E-state index contributed by atoms with van der Waals surface area (Å²) in [6, 6.07) is 11.0. The van der Waals surface area contributed by atoms with E-state index < -0.39 is 0 Å².